The molecule has 2 rings (SSSR count). The van der Waals surface area contributed by atoms with E-state index in [0.29, 0.717) is 5.69 Å². The number of aliphatic imine (C=N–C) groups is 1. The highest BCUT2D eigenvalue weighted by Crippen LogP contribution is 2.27. The Morgan fingerprint density at radius 3 is 2.94 bits per heavy atom. The Labute approximate surface area is 96.1 Å². The van der Waals surface area contributed by atoms with E-state index in [-0.39, 0.29) is 17.4 Å². The summed E-state index contributed by atoms with van der Waals surface area (Å²) in [7, 11) is 0. The van der Waals surface area contributed by atoms with Gasteiger partial charge in [0.1, 0.15) is 16.6 Å². The summed E-state index contributed by atoms with van der Waals surface area (Å²) in [5.41, 5.74) is 0.374. The van der Waals surface area contributed by atoms with Crippen molar-refractivity contribution in [3.63, 3.8) is 0 Å². The van der Waals surface area contributed by atoms with Crippen molar-refractivity contribution in [2.75, 3.05) is 6.54 Å². The average Bonchev–Trinajstić information content (AvgIpc) is 2.38. The third-order valence-electron chi connectivity index (χ3n) is 2.17. The molecule has 0 spiro atoms. The summed E-state index contributed by atoms with van der Waals surface area (Å²) in [6.45, 7) is 0.707. The lowest BCUT2D eigenvalue weighted by atomic mass is 10.2. The van der Waals surface area contributed by atoms with Crippen molar-refractivity contribution in [3.8, 4) is 5.75 Å². The summed E-state index contributed by atoms with van der Waals surface area (Å²) in [6.07, 6.45) is 0.125. The van der Waals surface area contributed by atoms with Crippen molar-refractivity contribution >= 4 is 17.8 Å². The van der Waals surface area contributed by atoms with E-state index in [0.717, 1.165) is 6.92 Å². The Hall–Kier alpha value is -1.23. The molecule has 86 valence electrons. The number of halogens is 3. The molecule has 1 aliphatic heterocycles. The summed E-state index contributed by atoms with van der Waals surface area (Å²) in [5, 5.41) is 0.274. The van der Waals surface area contributed by atoms with E-state index in [2.05, 4.69) is 9.98 Å². The molecule has 0 aromatic carbocycles. The molecule has 0 radical (unpaired) electrons. The normalized spacial score (nSPS) is 19.9. The molecule has 3 nitrogen and oxygen atoms in total. The average molecular weight is 247 g/mol. The zero-order valence-corrected chi connectivity index (χ0v) is 9.21. The molecule has 0 N–H and O–H groups in total. The first-order chi connectivity index (χ1) is 7.47. The third-order valence-corrected chi connectivity index (χ3v) is 2.38. The van der Waals surface area contributed by atoms with Crippen molar-refractivity contribution in [1.82, 2.24) is 4.98 Å². The van der Waals surface area contributed by atoms with Crippen LogP contribution in [0.5, 0.6) is 5.75 Å². The highest BCUT2D eigenvalue weighted by Gasteiger charge is 2.37. The fourth-order valence-corrected chi connectivity index (χ4v) is 1.47. The molecule has 0 saturated heterocycles. The Bertz CT molecular complexity index is 431. The number of hydrogen-bond acceptors (Lipinski definition) is 3. The molecule has 0 unspecified atom stereocenters. The number of pyridine rings is 1. The minimum absolute atomic E-state index is 0.0997. The molecule has 0 fully saturated rings. The van der Waals surface area contributed by atoms with Crippen LogP contribution in [0.15, 0.2) is 17.1 Å². The van der Waals surface area contributed by atoms with Crippen LogP contribution >= 0.6 is 11.6 Å². The van der Waals surface area contributed by atoms with Gasteiger partial charge in [-0.3, -0.25) is 4.99 Å². The topological polar surface area (TPSA) is 34.5 Å². The number of aromatic nitrogens is 1. The second-order valence-electron chi connectivity index (χ2n) is 3.57. The molecular formula is C10H9ClF2N2O. The van der Waals surface area contributed by atoms with Gasteiger partial charge in [0, 0.05) is 6.92 Å². The van der Waals surface area contributed by atoms with Gasteiger partial charge in [0.2, 0.25) is 0 Å². The Kier molecular flexibility index (Phi) is 2.80. The van der Waals surface area contributed by atoms with Crippen LogP contribution in [0.4, 0.5) is 8.78 Å². The molecule has 0 aliphatic carbocycles. The second-order valence-corrected chi connectivity index (χ2v) is 3.96. The number of fused-ring (bicyclic) bond motifs is 1. The largest absolute Gasteiger partial charge is 0.480 e. The molecule has 1 aromatic rings. The van der Waals surface area contributed by atoms with Crippen molar-refractivity contribution in [3.05, 3.63) is 23.0 Å². The van der Waals surface area contributed by atoms with Crippen LogP contribution in [-0.2, 0) is 0 Å². The van der Waals surface area contributed by atoms with E-state index in [1.54, 1.807) is 0 Å². The van der Waals surface area contributed by atoms with Gasteiger partial charge < -0.3 is 4.74 Å². The van der Waals surface area contributed by atoms with Crippen molar-refractivity contribution in [1.29, 1.82) is 0 Å². The SMILES string of the molecule is CC(F)(F)[C@@H]1CN=Cc2nc(Cl)ccc2O1. The van der Waals surface area contributed by atoms with E-state index in [1.165, 1.54) is 18.3 Å². The zero-order valence-electron chi connectivity index (χ0n) is 8.45. The van der Waals surface area contributed by atoms with Crippen LogP contribution in [0.3, 0.4) is 0 Å². The predicted molar refractivity (Wildman–Crippen MR) is 56.7 cm³/mol. The van der Waals surface area contributed by atoms with Crippen LogP contribution in [0.2, 0.25) is 5.15 Å². The summed E-state index contributed by atoms with van der Waals surface area (Å²) < 4.78 is 31.4. The zero-order chi connectivity index (χ0) is 11.8. The van der Waals surface area contributed by atoms with Crippen LogP contribution in [0, 0.1) is 0 Å². The van der Waals surface area contributed by atoms with Gasteiger partial charge in [-0.1, -0.05) is 11.6 Å². The maximum atomic E-state index is 13.1. The lowest BCUT2D eigenvalue weighted by Gasteiger charge is -2.22. The quantitative estimate of drug-likeness (QED) is 0.714. The molecule has 6 heteroatoms. The van der Waals surface area contributed by atoms with Crippen molar-refractivity contribution in [2.45, 2.75) is 19.0 Å². The van der Waals surface area contributed by atoms with Gasteiger partial charge in [-0.2, -0.15) is 0 Å². The second kappa shape index (κ2) is 3.97. The summed E-state index contributed by atoms with van der Waals surface area (Å²) >= 11 is 5.68. The van der Waals surface area contributed by atoms with Gasteiger partial charge in [-0.15, -0.1) is 0 Å². The van der Waals surface area contributed by atoms with E-state index >= 15 is 0 Å². The minimum atomic E-state index is -2.95. The molecule has 0 bridgehead atoms. The summed E-state index contributed by atoms with van der Waals surface area (Å²) in [6, 6.07) is 3.01. The molecule has 1 aromatic heterocycles. The van der Waals surface area contributed by atoms with Crippen LogP contribution in [0.25, 0.3) is 0 Å². The van der Waals surface area contributed by atoms with Gasteiger partial charge in [-0.25, -0.2) is 13.8 Å². The highest BCUT2D eigenvalue weighted by molar-refractivity contribution is 6.29. The summed E-state index contributed by atoms with van der Waals surface area (Å²) in [5.74, 6) is -2.67. The maximum Gasteiger partial charge on any atom is 0.283 e. The minimum Gasteiger partial charge on any atom is -0.480 e. The van der Waals surface area contributed by atoms with Gasteiger partial charge in [0.15, 0.2) is 6.10 Å². The smallest absolute Gasteiger partial charge is 0.283 e. The number of rotatable bonds is 1. The van der Waals surface area contributed by atoms with E-state index in [4.69, 9.17) is 16.3 Å². The van der Waals surface area contributed by atoms with Gasteiger partial charge in [0.25, 0.3) is 5.92 Å². The maximum absolute atomic E-state index is 13.1. The Balaban J connectivity index is 2.34. The fourth-order valence-electron chi connectivity index (χ4n) is 1.32. The Morgan fingerprint density at radius 1 is 1.50 bits per heavy atom. The van der Waals surface area contributed by atoms with Crippen molar-refractivity contribution in [2.24, 2.45) is 4.99 Å². The molecule has 0 amide bonds. The van der Waals surface area contributed by atoms with E-state index < -0.39 is 12.0 Å². The molecule has 0 saturated carbocycles. The first-order valence-electron chi connectivity index (χ1n) is 4.67. The molecule has 16 heavy (non-hydrogen) atoms. The van der Waals surface area contributed by atoms with E-state index in [1.807, 2.05) is 0 Å². The van der Waals surface area contributed by atoms with Crippen LogP contribution in [-0.4, -0.2) is 29.8 Å². The summed E-state index contributed by atoms with van der Waals surface area (Å²) in [4.78, 5) is 7.79. The third kappa shape index (κ3) is 2.29. The molecule has 1 atom stereocenters. The molecule has 2 heterocycles. The number of nitrogens with zero attached hydrogens (tertiary/aromatic N) is 2. The van der Waals surface area contributed by atoms with Gasteiger partial charge in [-0.05, 0) is 12.1 Å². The predicted octanol–water partition coefficient (Wildman–Crippen LogP) is 2.57. The molecule has 1 aliphatic rings. The van der Waals surface area contributed by atoms with E-state index in [9.17, 15) is 8.78 Å². The lowest BCUT2D eigenvalue weighted by Crippen LogP contribution is -2.37. The number of ether oxygens (including phenoxy) is 1. The van der Waals surface area contributed by atoms with Crippen LogP contribution < -0.4 is 4.74 Å². The number of alkyl halides is 2. The monoisotopic (exact) mass is 246 g/mol. The molecular weight excluding hydrogens is 238 g/mol. The lowest BCUT2D eigenvalue weighted by molar-refractivity contribution is -0.0750. The standard InChI is InChI=1S/C10H9ClF2N2O/c1-10(12,13)8-5-14-4-6-7(16-8)2-3-9(11)15-6/h2-4,8H,5H2,1H3/t8-/m0/s1. The first kappa shape index (κ1) is 11.3. The van der Waals surface area contributed by atoms with Gasteiger partial charge >= 0.3 is 0 Å². The first-order valence-corrected chi connectivity index (χ1v) is 5.05. The Morgan fingerprint density at radius 2 is 2.25 bits per heavy atom. The fraction of sp³-hybridized carbons (Fsp3) is 0.400. The highest BCUT2D eigenvalue weighted by atomic mass is 35.5. The van der Waals surface area contributed by atoms with Crippen LogP contribution in [0.1, 0.15) is 12.6 Å². The van der Waals surface area contributed by atoms with Crippen molar-refractivity contribution < 1.29 is 13.5 Å². The van der Waals surface area contributed by atoms with Gasteiger partial charge in [0.05, 0.1) is 12.8 Å². The number of hydrogen-bond donors (Lipinski definition) is 0.